The van der Waals surface area contributed by atoms with Crippen LogP contribution < -0.4 is 0 Å². The van der Waals surface area contributed by atoms with Crippen LogP contribution in [0.15, 0.2) is 0 Å². The fourth-order valence-corrected chi connectivity index (χ4v) is 1.94. The molecule has 0 spiro atoms. The molecule has 3 atom stereocenters. The van der Waals surface area contributed by atoms with Crippen LogP contribution in [0.25, 0.3) is 0 Å². The Morgan fingerprint density at radius 1 is 1.31 bits per heavy atom. The Bertz CT molecular complexity index is 143. The van der Waals surface area contributed by atoms with Crippen molar-refractivity contribution in [2.75, 3.05) is 0 Å². The molecule has 0 amide bonds. The van der Waals surface area contributed by atoms with E-state index in [-0.39, 0.29) is 16.9 Å². The Morgan fingerprint density at radius 3 is 2.08 bits per heavy atom. The summed E-state index contributed by atoms with van der Waals surface area (Å²) in [4.78, 5) is 0. The van der Waals surface area contributed by atoms with Gasteiger partial charge in [0.05, 0.1) is 6.10 Å². The zero-order valence-electron chi connectivity index (χ0n) is 9.47. The Kier molecular flexibility index (Phi) is 5.31. The highest BCUT2D eigenvalue weighted by molar-refractivity contribution is 6.20. The average molecular weight is 207 g/mol. The van der Waals surface area contributed by atoms with E-state index in [9.17, 15) is 5.11 Å². The number of hydrogen-bond acceptors (Lipinski definition) is 1. The second kappa shape index (κ2) is 5.21. The van der Waals surface area contributed by atoms with Gasteiger partial charge in [-0.2, -0.15) is 0 Å². The van der Waals surface area contributed by atoms with Crippen LogP contribution in [-0.4, -0.2) is 16.6 Å². The van der Waals surface area contributed by atoms with Crippen LogP contribution in [0.1, 0.15) is 47.5 Å². The van der Waals surface area contributed by atoms with Crippen LogP contribution >= 0.6 is 11.6 Å². The second-order valence-electron chi connectivity index (χ2n) is 4.73. The van der Waals surface area contributed by atoms with Gasteiger partial charge >= 0.3 is 0 Å². The monoisotopic (exact) mass is 206 g/mol. The molecule has 0 heterocycles. The zero-order chi connectivity index (χ0) is 10.6. The standard InChI is InChI=1S/C11H23ClO/c1-6-11(4,5)9(3)10(12)7-8(2)13/h8-10,13H,6-7H2,1-5H3/t8-,9-,10-/m0/s1. The average Bonchev–Trinajstić information content (AvgIpc) is 2.01. The van der Waals surface area contributed by atoms with Crippen LogP contribution in [0.2, 0.25) is 0 Å². The maximum absolute atomic E-state index is 9.23. The molecule has 1 nitrogen and oxygen atoms in total. The molecule has 13 heavy (non-hydrogen) atoms. The van der Waals surface area contributed by atoms with Gasteiger partial charge in [-0.3, -0.25) is 0 Å². The summed E-state index contributed by atoms with van der Waals surface area (Å²) in [6.45, 7) is 10.6. The van der Waals surface area contributed by atoms with E-state index in [2.05, 4.69) is 27.7 Å². The van der Waals surface area contributed by atoms with Gasteiger partial charge in [-0.1, -0.05) is 34.1 Å². The molecule has 0 aromatic rings. The molecule has 0 bridgehead atoms. The van der Waals surface area contributed by atoms with Crippen molar-refractivity contribution in [2.45, 2.75) is 58.9 Å². The third-order valence-electron chi connectivity index (χ3n) is 3.25. The number of halogens is 1. The summed E-state index contributed by atoms with van der Waals surface area (Å²) >= 11 is 6.23. The molecule has 0 rings (SSSR count). The first kappa shape index (κ1) is 13.2. The predicted molar refractivity (Wildman–Crippen MR) is 59.2 cm³/mol. The summed E-state index contributed by atoms with van der Waals surface area (Å²) in [6.07, 6.45) is 1.51. The van der Waals surface area contributed by atoms with E-state index in [1.165, 1.54) is 0 Å². The molecule has 0 saturated carbocycles. The van der Waals surface area contributed by atoms with Gasteiger partial charge in [0, 0.05) is 5.38 Å². The van der Waals surface area contributed by atoms with Crippen molar-refractivity contribution in [1.29, 1.82) is 0 Å². The first-order valence-corrected chi connectivity index (χ1v) is 5.57. The minimum atomic E-state index is -0.294. The summed E-state index contributed by atoms with van der Waals surface area (Å²) in [5.74, 6) is 0.439. The lowest BCUT2D eigenvalue weighted by atomic mass is 9.75. The highest BCUT2D eigenvalue weighted by Crippen LogP contribution is 2.36. The third-order valence-corrected chi connectivity index (χ3v) is 3.81. The van der Waals surface area contributed by atoms with E-state index >= 15 is 0 Å². The maximum Gasteiger partial charge on any atom is 0.0526 e. The van der Waals surface area contributed by atoms with Crippen molar-refractivity contribution in [1.82, 2.24) is 0 Å². The molecule has 0 aliphatic heterocycles. The second-order valence-corrected chi connectivity index (χ2v) is 5.29. The summed E-state index contributed by atoms with van der Waals surface area (Å²) < 4.78 is 0. The molecule has 0 aromatic heterocycles. The number of alkyl halides is 1. The molecular formula is C11H23ClO. The van der Waals surface area contributed by atoms with Gasteiger partial charge in [-0.15, -0.1) is 11.6 Å². The first-order valence-electron chi connectivity index (χ1n) is 5.13. The third kappa shape index (κ3) is 4.33. The Labute approximate surface area is 87.5 Å². The van der Waals surface area contributed by atoms with E-state index in [4.69, 9.17) is 11.6 Å². The molecule has 2 heteroatoms. The van der Waals surface area contributed by atoms with Gasteiger partial charge in [0.2, 0.25) is 0 Å². The summed E-state index contributed by atoms with van der Waals surface area (Å²) in [7, 11) is 0. The number of aliphatic hydroxyl groups is 1. The highest BCUT2D eigenvalue weighted by atomic mass is 35.5. The zero-order valence-corrected chi connectivity index (χ0v) is 10.2. The lowest BCUT2D eigenvalue weighted by molar-refractivity contribution is 0.148. The molecule has 0 unspecified atom stereocenters. The van der Waals surface area contributed by atoms with Crippen molar-refractivity contribution in [3.05, 3.63) is 0 Å². The molecule has 0 radical (unpaired) electrons. The van der Waals surface area contributed by atoms with Crippen molar-refractivity contribution >= 4 is 11.6 Å². The van der Waals surface area contributed by atoms with Crippen molar-refractivity contribution in [2.24, 2.45) is 11.3 Å². The fraction of sp³-hybridized carbons (Fsp3) is 1.00. The normalized spacial score (nSPS) is 19.6. The van der Waals surface area contributed by atoms with Crippen molar-refractivity contribution in [3.63, 3.8) is 0 Å². The molecule has 0 aliphatic carbocycles. The number of aliphatic hydroxyl groups excluding tert-OH is 1. The van der Waals surface area contributed by atoms with Gasteiger partial charge in [0.25, 0.3) is 0 Å². The Balaban J connectivity index is 4.16. The molecule has 0 aromatic carbocycles. The molecule has 0 saturated heterocycles. The molecule has 80 valence electrons. The lowest BCUT2D eigenvalue weighted by Crippen LogP contribution is -2.30. The Morgan fingerprint density at radius 2 is 1.77 bits per heavy atom. The lowest BCUT2D eigenvalue weighted by Gasteiger charge is -2.34. The molecule has 0 aliphatic rings. The van der Waals surface area contributed by atoms with Crippen LogP contribution in [0.5, 0.6) is 0 Å². The van der Waals surface area contributed by atoms with E-state index in [0.717, 1.165) is 6.42 Å². The minimum Gasteiger partial charge on any atom is -0.393 e. The SMILES string of the molecule is CCC(C)(C)[C@@H](C)[C@@H](Cl)C[C@H](C)O. The largest absolute Gasteiger partial charge is 0.393 e. The van der Waals surface area contributed by atoms with Crippen molar-refractivity contribution in [3.8, 4) is 0 Å². The number of hydrogen-bond donors (Lipinski definition) is 1. The highest BCUT2D eigenvalue weighted by Gasteiger charge is 2.29. The van der Waals surface area contributed by atoms with Crippen LogP contribution in [0.4, 0.5) is 0 Å². The van der Waals surface area contributed by atoms with Gasteiger partial charge in [0.1, 0.15) is 0 Å². The van der Waals surface area contributed by atoms with E-state index in [1.807, 2.05) is 0 Å². The smallest absolute Gasteiger partial charge is 0.0526 e. The summed E-state index contributed by atoms with van der Waals surface area (Å²) in [5, 5.41) is 9.30. The predicted octanol–water partition coefficient (Wildman–Crippen LogP) is 3.44. The van der Waals surface area contributed by atoms with Crippen LogP contribution in [0.3, 0.4) is 0 Å². The topological polar surface area (TPSA) is 20.2 Å². The van der Waals surface area contributed by atoms with Gasteiger partial charge in [-0.25, -0.2) is 0 Å². The fourth-order valence-electron chi connectivity index (χ4n) is 1.34. The quantitative estimate of drug-likeness (QED) is 0.684. The Hall–Kier alpha value is 0.250. The van der Waals surface area contributed by atoms with E-state index in [1.54, 1.807) is 6.92 Å². The maximum atomic E-state index is 9.23. The molecule has 0 fully saturated rings. The van der Waals surface area contributed by atoms with E-state index < -0.39 is 0 Å². The van der Waals surface area contributed by atoms with Crippen molar-refractivity contribution < 1.29 is 5.11 Å². The summed E-state index contributed by atoms with van der Waals surface area (Å²) in [5.41, 5.74) is 0.265. The van der Waals surface area contributed by atoms with Gasteiger partial charge in [-0.05, 0) is 24.7 Å². The molecular weight excluding hydrogens is 184 g/mol. The summed E-state index contributed by atoms with van der Waals surface area (Å²) in [6, 6.07) is 0. The van der Waals surface area contributed by atoms with E-state index in [0.29, 0.717) is 12.3 Å². The molecule has 1 N–H and O–H groups in total. The minimum absolute atomic E-state index is 0.0787. The first-order chi connectivity index (χ1) is 5.81. The number of rotatable bonds is 5. The van der Waals surface area contributed by atoms with Gasteiger partial charge < -0.3 is 5.11 Å². The van der Waals surface area contributed by atoms with Crippen LogP contribution in [-0.2, 0) is 0 Å². The van der Waals surface area contributed by atoms with Gasteiger partial charge in [0.15, 0.2) is 0 Å². The van der Waals surface area contributed by atoms with Crippen LogP contribution in [0, 0.1) is 11.3 Å².